The van der Waals surface area contributed by atoms with Gasteiger partial charge in [-0.25, -0.2) is 0 Å². The number of nitrogens with zero attached hydrogens (tertiary/aromatic N) is 1. The van der Waals surface area contributed by atoms with E-state index >= 15 is 0 Å². The Labute approximate surface area is 98.6 Å². The fourth-order valence-corrected chi connectivity index (χ4v) is 2.12. The van der Waals surface area contributed by atoms with Crippen molar-refractivity contribution < 1.29 is 0 Å². The lowest BCUT2D eigenvalue weighted by Crippen LogP contribution is -2.23. The third-order valence-corrected chi connectivity index (χ3v) is 3.73. The average Bonchev–Trinajstić information content (AvgIpc) is 2.37. The molecule has 1 aromatic rings. The second-order valence-electron chi connectivity index (χ2n) is 6.30. The first-order valence-corrected chi connectivity index (χ1v) is 5.94. The van der Waals surface area contributed by atoms with Crippen LogP contribution in [0.25, 0.3) is 0 Å². The largest absolute Gasteiger partial charge is 0.257 e. The minimum Gasteiger partial charge on any atom is -0.257 e. The van der Waals surface area contributed by atoms with Crippen molar-refractivity contribution in [1.29, 1.82) is 0 Å². The summed E-state index contributed by atoms with van der Waals surface area (Å²) in [7, 11) is 0. The lowest BCUT2D eigenvalue weighted by molar-refractivity contribution is 0.587. The topological polar surface area (TPSA) is 12.4 Å². The van der Waals surface area contributed by atoms with Crippen LogP contribution in [-0.4, -0.2) is 5.71 Å². The van der Waals surface area contributed by atoms with Gasteiger partial charge in [0.15, 0.2) is 0 Å². The summed E-state index contributed by atoms with van der Waals surface area (Å²) in [5, 5.41) is 0. The van der Waals surface area contributed by atoms with Crippen molar-refractivity contribution in [2.24, 2.45) is 4.99 Å². The van der Waals surface area contributed by atoms with Crippen LogP contribution in [0.4, 0.5) is 5.69 Å². The molecule has 1 aliphatic rings. The molecule has 1 heteroatoms. The Hall–Kier alpha value is -1.11. The van der Waals surface area contributed by atoms with Gasteiger partial charge >= 0.3 is 0 Å². The van der Waals surface area contributed by atoms with Gasteiger partial charge in [-0.05, 0) is 29.5 Å². The molecule has 0 bridgehead atoms. The number of rotatable bonds is 0. The van der Waals surface area contributed by atoms with E-state index in [1.54, 1.807) is 0 Å². The number of hydrogen-bond donors (Lipinski definition) is 0. The summed E-state index contributed by atoms with van der Waals surface area (Å²) in [6, 6.07) is 6.69. The summed E-state index contributed by atoms with van der Waals surface area (Å²) in [5.41, 5.74) is 5.43. The fraction of sp³-hybridized carbons (Fsp3) is 0.533. The van der Waals surface area contributed by atoms with Crippen LogP contribution in [0.5, 0.6) is 0 Å². The van der Waals surface area contributed by atoms with Crippen molar-refractivity contribution in [3.05, 3.63) is 29.3 Å². The summed E-state index contributed by atoms with van der Waals surface area (Å²) in [6.45, 7) is 13.4. The summed E-state index contributed by atoms with van der Waals surface area (Å²) in [6.07, 6.45) is 0. The Morgan fingerprint density at radius 1 is 1.12 bits per heavy atom. The first kappa shape index (κ1) is 11.4. The highest BCUT2D eigenvalue weighted by Crippen LogP contribution is 2.41. The first-order chi connectivity index (χ1) is 7.23. The van der Waals surface area contributed by atoms with Crippen molar-refractivity contribution >= 4 is 11.4 Å². The molecule has 2 rings (SSSR count). The Morgan fingerprint density at radius 2 is 1.75 bits per heavy atom. The summed E-state index contributed by atoms with van der Waals surface area (Å²) < 4.78 is 0. The predicted molar refractivity (Wildman–Crippen MR) is 70.9 cm³/mol. The molecule has 0 spiro atoms. The second-order valence-corrected chi connectivity index (χ2v) is 6.30. The smallest absolute Gasteiger partial charge is 0.0670 e. The molecule has 1 heterocycles. The van der Waals surface area contributed by atoms with E-state index in [1.807, 2.05) is 0 Å². The molecule has 0 saturated heterocycles. The minimum atomic E-state index is 0.0938. The molecule has 1 aliphatic heterocycles. The summed E-state index contributed by atoms with van der Waals surface area (Å²) in [5.74, 6) is 0. The van der Waals surface area contributed by atoms with Crippen molar-refractivity contribution in [3.8, 4) is 0 Å². The molecule has 0 unspecified atom stereocenters. The number of benzene rings is 1. The van der Waals surface area contributed by atoms with Crippen molar-refractivity contribution in [2.75, 3.05) is 0 Å². The highest BCUT2D eigenvalue weighted by Gasteiger charge is 2.32. The highest BCUT2D eigenvalue weighted by atomic mass is 14.8. The maximum absolute atomic E-state index is 4.64. The van der Waals surface area contributed by atoms with Crippen LogP contribution < -0.4 is 0 Å². The maximum atomic E-state index is 4.64. The zero-order valence-corrected chi connectivity index (χ0v) is 11.2. The quantitative estimate of drug-likeness (QED) is 0.609. The monoisotopic (exact) mass is 215 g/mol. The van der Waals surface area contributed by atoms with E-state index in [9.17, 15) is 0 Å². The van der Waals surface area contributed by atoms with Crippen molar-refractivity contribution in [3.63, 3.8) is 0 Å². The van der Waals surface area contributed by atoms with Crippen LogP contribution in [0.3, 0.4) is 0 Å². The normalized spacial score (nSPS) is 18.2. The number of fused-ring (bicyclic) bond motifs is 1. The Balaban J connectivity index is 2.57. The van der Waals surface area contributed by atoms with Crippen LogP contribution in [-0.2, 0) is 10.8 Å². The molecular formula is C15H21N. The van der Waals surface area contributed by atoms with E-state index in [0.717, 1.165) is 5.69 Å². The van der Waals surface area contributed by atoms with Crippen molar-refractivity contribution in [1.82, 2.24) is 0 Å². The van der Waals surface area contributed by atoms with Crippen LogP contribution in [0.1, 0.15) is 52.7 Å². The van der Waals surface area contributed by atoms with Crippen LogP contribution in [0.2, 0.25) is 0 Å². The molecule has 0 aromatic heterocycles. The lowest BCUT2D eigenvalue weighted by atomic mass is 9.78. The van der Waals surface area contributed by atoms with Crippen LogP contribution >= 0.6 is 0 Å². The van der Waals surface area contributed by atoms with Gasteiger partial charge in [0.05, 0.1) is 5.69 Å². The Bertz CT molecular complexity index is 459. The van der Waals surface area contributed by atoms with Crippen LogP contribution in [0.15, 0.2) is 23.2 Å². The molecular weight excluding hydrogens is 194 g/mol. The fourth-order valence-electron chi connectivity index (χ4n) is 2.12. The van der Waals surface area contributed by atoms with Crippen molar-refractivity contribution in [2.45, 2.75) is 52.4 Å². The van der Waals surface area contributed by atoms with Gasteiger partial charge in [-0.1, -0.05) is 46.8 Å². The van der Waals surface area contributed by atoms with Gasteiger partial charge in [-0.2, -0.15) is 0 Å². The van der Waals surface area contributed by atoms with Gasteiger partial charge < -0.3 is 0 Å². The van der Waals surface area contributed by atoms with E-state index in [2.05, 4.69) is 64.7 Å². The molecule has 0 aliphatic carbocycles. The predicted octanol–water partition coefficient (Wildman–Crippen LogP) is 4.37. The van der Waals surface area contributed by atoms with Gasteiger partial charge in [-0.15, -0.1) is 0 Å². The molecule has 0 atom stereocenters. The van der Waals surface area contributed by atoms with Crippen LogP contribution in [0, 0.1) is 0 Å². The van der Waals surface area contributed by atoms with E-state index in [1.165, 1.54) is 16.8 Å². The Kier molecular flexibility index (Phi) is 2.27. The second kappa shape index (κ2) is 3.19. The van der Waals surface area contributed by atoms with Gasteiger partial charge in [-0.3, -0.25) is 4.99 Å². The summed E-state index contributed by atoms with van der Waals surface area (Å²) >= 11 is 0. The number of aliphatic imine (C=N–C) groups is 1. The summed E-state index contributed by atoms with van der Waals surface area (Å²) in [4.78, 5) is 4.64. The van der Waals surface area contributed by atoms with E-state index < -0.39 is 0 Å². The third-order valence-electron chi connectivity index (χ3n) is 3.73. The first-order valence-electron chi connectivity index (χ1n) is 5.94. The maximum Gasteiger partial charge on any atom is 0.0670 e. The molecule has 0 saturated carbocycles. The SMILES string of the molecule is CC1=Nc2ccc(C(C)(C)C)cc2C1(C)C. The molecule has 0 amide bonds. The lowest BCUT2D eigenvalue weighted by Gasteiger charge is -2.24. The van der Waals surface area contributed by atoms with Gasteiger partial charge in [0.25, 0.3) is 0 Å². The van der Waals surface area contributed by atoms with E-state index in [4.69, 9.17) is 0 Å². The molecule has 1 aromatic carbocycles. The molecule has 0 N–H and O–H groups in total. The molecule has 86 valence electrons. The molecule has 16 heavy (non-hydrogen) atoms. The van der Waals surface area contributed by atoms with Gasteiger partial charge in [0.2, 0.25) is 0 Å². The highest BCUT2D eigenvalue weighted by molar-refractivity contribution is 5.99. The van der Waals surface area contributed by atoms with E-state index in [-0.39, 0.29) is 10.8 Å². The average molecular weight is 215 g/mol. The zero-order valence-electron chi connectivity index (χ0n) is 11.2. The molecule has 1 nitrogen and oxygen atoms in total. The standard InChI is InChI=1S/C15H21N/c1-10-15(5,6)12-9-11(14(2,3)4)7-8-13(12)16-10/h7-9H,1-6H3. The number of hydrogen-bond acceptors (Lipinski definition) is 1. The zero-order chi connectivity index (χ0) is 12.1. The Morgan fingerprint density at radius 3 is 2.31 bits per heavy atom. The minimum absolute atomic E-state index is 0.0938. The van der Waals surface area contributed by atoms with E-state index in [0.29, 0.717) is 0 Å². The van der Waals surface area contributed by atoms with Gasteiger partial charge in [0, 0.05) is 11.1 Å². The molecule has 0 radical (unpaired) electrons. The third kappa shape index (κ3) is 1.59. The molecule has 0 fully saturated rings. The van der Waals surface area contributed by atoms with Gasteiger partial charge in [0.1, 0.15) is 0 Å².